The first-order chi connectivity index (χ1) is 19.9. The zero-order chi connectivity index (χ0) is 29.9. The molecule has 0 nitrogen and oxygen atoms in total. The maximum atomic E-state index is 2.63. The minimum absolute atomic E-state index is 0. The van der Waals surface area contributed by atoms with Crippen molar-refractivity contribution in [1.29, 1.82) is 0 Å². The smallest absolute Gasteiger partial charge is 0.147 e. The molecule has 0 bridgehead atoms. The van der Waals surface area contributed by atoms with Crippen LogP contribution in [-0.2, 0) is 28.2 Å². The van der Waals surface area contributed by atoms with E-state index in [1.54, 1.807) is 12.1 Å². The van der Waals surface area contributed by atoms with Gasteiger partial charge in [-0.3, -0.25) is 0 Å². The number of rotatable bonds is 4. The molecule has 3 aromatic rings. The first-order valence-corrected chi connectivity index (χ1v) is 17.8. The monoisotopic (exact) mass is 697 g/mol. The second kappa shape index (κ2) is 12.8. The van der Waals surface area contributed by atoms with Gasteiger partial charge in [-0.1, -0.05) is 0 Å². The van der Waals surface area contributed by atoms with Crippen LogP contribution in [0.3, 0.4) is 0 Å². The Labute approximate surface area is 288 Å². The summed E-state index contributed by atoms with van der Waals surface area (Å²) in [5.41, 5.74) is 11.6. The van der Waals surface area contributed by atoms with Gasteiger partial charge >= 0.3 is 265 Å². The molecule has 1 atom stereocenters. The third kappa shape index (κ3) is 5.86. The number of hydrogen-bond donors (Lipinski definition) is 0. The Morgan fingerprint density at radius 3 is 1.84 bits per heavy atom. The van der Waals surface area contributed by atoms with Gasteiger partial charge in [-0.15, -0.1) is 24.8 Å². The van der Waals surface area contributed by atoms with Crippen molar-refractivity contribution in [2.45, 2.75) is 67.2 Å². The van der Waals surface area contributed by atoms with Gasteiger partial charge in [-0.05, 0) is 0 Å². The van der Waals surface area contributed by atoms with Crippen LogP contribution in [0.15, 0.2) is 123 Å². The molecule has 0 spiro atoms. The predicted octanol–water partition coefficient (Wildman–Crippen LogP) is 9.65. The van der Waals surface area contributed by atoms with E-state index in [1.165, 1.54) is 49.4 Å². The van der Waals surface area contributed by atoms with Crippen LogP contribution >= 0.6 is 24.8 Å². The van der Waals surface area contributed by atoms with Crippen molar-refractivity contribution in [1.82, 2.24) is 0 Å². The first-order valence-electron chi connectivity index (χ1n) is 15.3. The molecule has 6 rings (SSSR count). The Balaban J connectivity index is 0.00000221. The van der Waals surface area contributed by atoms with Crippen molar-refractivity contribution < 1.29 is 22.8 Å². The molecule has 3 aliphatic rings. The van der Waals surface area contributed by atoms with Crippen LogP contribution in [0.25, 0.3) is 11.6 Å². The fourth-order valence-corrected chi connectivity index (χ4v) is 12.0. The summed E-state index contributed by atoms with van der Waals surface area (Å²) in [5, 5.41) is 2.77. The topological polar surface area (TPSA) is 0 Å². The molecule has 227 valence electrons. The van der Waals surface area contributed by atoms with E-state index in [-0.39, 0.29) is 41.1 Å². The molecule has 0 saturated heterocycles. The number of benzene rings is 3. The number of allylic oxidation sites excluding steroid dienone is 8. The standard InChI is InChI=1S/C28H33.C13H10.2ClH.Zr/c1-18-9-12-25(19(18)2)28(27(6,7)8)14-13-24-21(17-28)15-20-16-22(26(3,4)5)10-11-23(20)24;1-3-7-12(8-4-1)11-13-9-5-2-6-10-13;;;/h9-11,13-16H,12H2,1-8H3;1-10H;2*1H;. The molecular formula is C41H45Cl2Zr. The minimum atomic E-state index is -1.35. The molecule has 0 heterocycles. The first kappa shape index (κ1) is 34.6. The van der Waals surface area contributed by atoms with Crippen molar-refractivity contribution in [3.63, 3.8) is 0 Å². The van der Waals surface area contributed by atoms with E-state index in [0.29, 0.717) is 0 Å². The number of halogens is 2. The van der Waals surface area contributed by atoms with E-state index < -0.39 is 22.8 Å². The molecule has 3 aliphatic carbocycles. The maximum Gasteiger partial charge on any atom is -0.147 e. The van der Waals surface area contributed by atoms with Crippen molar-refractivity contribution in [2.75, 3.05) is 0 Å². The Morgan fingerprint density at radius 1 is 0.750 bits per heavy atom. The number of hydrogen-bond acceptors (Lipinski definition) is 0. The van der Waals surface area contributed by atoms with Gasteiger partial charge in [0.25, 0.3) is 0 Å². The molecule has 0 fully saturated rings. The summed E-state index contributed by atoms with van der Waals surface area (Å²) in [6, 6.07) is 29.6. The average molecular weight is 700 g/mol. The molecule has 0 amide bonds. The molecule has 0 saturated carbocycles. The van der Waals surface area contributed by atoms with Gasteiger partial charge in [-0.2, -0.15) is 0 Å². The Morgan fingerprint density at radius 2 is 1.34 bits per heavy atom. The van der Waals surface area contributed by atoms with Gasteiger partial charge in [-0.25, -0.2) is 0 Å². The van der Waals surface area contributed by atoms with Gasteiger partial charge in [0.05, 0.1) is 0 Å². The van der Waals surface area contributed by atoms with E-state index in [9.17, 15) is 0 Å². The van der Waals surface area contributed by atoms with Crippen molar-refractivity contribution in [2.24, 2.45) is 10.8 Å². The van der Waals surface area contributed by atoms with Crippen LogP contribution in [-0.4, -0.2) is 3.21 Å². The molecule has 3 heteroatoms. The van der Waals surface area contributed by atoms with Crippen molar-refractivity contribution in [3.8, 4) is 0 Å². The van der Waals surface area contributed by atoms with Crippen molar-refractivity contribution in [3.05, 3.63) is 150 Å². The van der Waals surface area contributed by atoms with Gasteiger partial charge in [0.2, 0.25) is 0 Å². The number of fused-ring (bicyclic) bond motifs is 2. The van der Waals surface area contributed by atoms with E-state index >= 15 is 0 Å². The second-order valence-corrected chi connectivity index (χ2v) is 17.3. The zero-order valence-electron chi connectivity index (χ0n) is 27.3. The fraction of sp³-hybridized carbons (Fsp3) is 0.293. The summed E-state index contributed by atoms with van der Waals surface area (Å²) >= 11 is -1.35. The normalized spacial score (nSPS) is 18.9. The SMILES string of the molecule is CC1=CCC(C2(C(C)(C)C)C=CC3=c4ccc(C(C)(C)C)cc4=CC3=[C]2[Zr]=[C](c2ccccc2)c2ccccc2)=C1C.Cl.Cl. The van der Waals surface area contributed by atoms with Gasteiger partial charge in [0.1, 0.15) is 0 Å². The van der Waals surface area contributed by atoms with Crippen LogP contribution in [0.5, 0.6) is 0 Å². The Kier molecular flexibility index (Phi) is 10.1. The van der Waals surface area contributed by atoms with Crippen LogP contribution in [0.4, 0.5) is 0 Å². The van der Waals surface area contributed by atoms with E-state index in [0.717, 1.165) is 6.42 Å². The maximum absolute atomic E-state index is 2.63. The third-order valence-corrected chi connectivity index (χ3v) is 13.9. The predicted molar refractivity (Wildman–Crippen MR) is 192 cm³/mol. The summed E-state index contributed by atoms with van der Waals surface area (Å²) in [7, 11) is 0. The van der Waals surface area contributed by atoms with Crippen LogP contribution in [0, 0.1) is 10.8 Å². The molecule has 0 radical (unpaired) electrons. The Bertz CT molecular complexity index is 1810. The molecule has 44 heavy (non-hydrogen) atoms. The Hall–Kier alpha value is -2.31. The van der Waals surface area contributed by atoms with Crippen molar-refractivity contribution >= 4 is 39.7 Å². The van der Waals surface area contributed by atoms with Gasteiger partial charge < -0.3 is 0 Å². The van der Waals surface area contributed by atoms with Crippen LogP contribution < -0.4 is 10.4 Å². The molecule has 0 aliphatic heterocycles. The largest absolute Gasteiger partial charge is 0.147 e. The summed E-state index contributed by atoms with van der Waals surface area (Å²) in [6.07, 6.45) is 11.2. The molecule has 1 unspecified atom stereocenters. The summed E-state index contributed by atoms with van der Waals surface area (Å²) < 4.78 is 3.26. The van der Waals surface area contributed by atoms with E-state index in [4.69, 9.17) is 0 Å². The average Bonchev–Trinajstić information content (AvgIpc) is 3.50. The second-order valence-electron chi connectivity index (χ2n) is 14.2. The molecule has 0 N–H and O–H groups in total. The van der Waals surface area contributed by atoms with E-state index in [1.807, 2.05) is 0 Å². The summed E-state index contributed by atoms with van der Waals surface area (Å²) in [5.74, 6) is 0. The van der Waals surface area contributed by atoms with Crippen LogP contribution in [0.1, 0.15) is 78.5 Å². The zero-order valence-corrected chi connectivity index (χ0v) is 31.4. The van der Waals surface area contributed by atoms with Crippen LogP contribution in [0.2, 0.25) is 0 Å². The summed E-state index contributed by atoms with van der Waals surface area (Å²) in [4.78, 5) is 0. The third-order valence-electron chi connectivity index (χ3n) is 9.65. The van der Waals surface area contributed by atoms with E-state index in [2.05, 4.69) is 159 Å². The quantitative estimate of drug-likeness (QED) is 0.255. The van der Waals surface area contributed by atoms with Gasteiger partial charge in [0.15, 0.2) is 0 Å². The molecule has 0 aromatic heterocycles. The van der Waals surface area contributed by atoms with Gasteiger partial charge in [0, 0.05) is 0 Å². The fourth-order valence-electron chi connectivity index (χ4n) is 7.06. The molecular weight excluding hydrogens is 655 g/mol. The summed E-state index contributed by atoms with van der Waals surface area (Å²) in [6.45, 7) is 19.0. The minimum Gasteiger partial charge on any atom is -0.147 e. The molecule has 3 aromatic carbocycles.